The average molecular weight is 673 g/mol. The van der Waals surface area contributed by atoms with Crippen molar-refractivity contribution in [3.8, 4) is 0 Å². The van der Waals surface area contributed by atoms with Gasteiger partial charge >= 0.3 is 18.5 Å². The molecule has 0 saturated heterocycles. The number of hydrogen-bond donors (Lipinski definition) is 3. The van der Waals surface area contributed by atoms with E-state index in [4.69, 9.17) is 15.3 Å². The van der Waals surface area contributed by atoms with Crippen LogP contribution >= 0.6 is 0 Å². The molecule has 0 bridgehead atoms. The molecular formula is C34H45F9O3. The van der Waals surface area contributed by atoms with Gasteiger partial charge in [-0.1, -0.05) is 82.3 Å². The van der Waals surface area contributed by atoms with Gasteiger partial charge in [0.2, 0.25) is 0 Å². The van der Waals surface area contributed by atoms with Gasteiger partial charge in [-0.2, -0.15) is 39.5 Å². The van der Waals surface area contributed by atoms with E-state index in [1.807, 2.05) is 27.7 Å². The minimum atomic E-state index is -4.31. The van der Waals surface area contributed by atoms with E-state index in [1.165, 1.54) is 24.3 Å². The molecule has 0 heterocycles. The second-order valence-corrected chi connectivity index (χ2v) is 10.3. The molecule has 3 aromatic carbocycles. The Labute approximate surface area is 265 Å². The average Bonchev–Trinajstić information content (AvgIpc) is 2.94. The van der Waals surface area contributed by atoms with Gasteiger partial charge < -0.3 is 15.3 Å². The standard InChI is InChI=1S/C11H13F3.2C10H11F3O.C2H6.CH4O/c1-8(2)6-9-4-3-5-10(7-9)11(12,13)14;2*1-7(14)5-8-3-2-4-9(6-8)10(11,12)13;2*1-2/h3-5,7-8H,6H2,1-2H3;2*2-4,6-7,14H,5H2,1H3;1-2H3;2H,1H3/t;7-;;;/m.0.../s1. The van der Waals surface area contributed by atoms with Crippen molar-refractivity contribution in [1.29, 1.82) is 0 Å². The van der Waals surface area contributed by atoms with Crippen molar-refractivity contribution in [2.75, 3.05) is 7.11 Å². The molecule has 0 saturated carbocycles. The number of aliphatic hydroxyl groups is 3. The van der Waals surface area contributed by atoms with Crippen LogP contribution in [0.1, 0.15) is 74.9 Å². The highest BCUT2D eigenvalue weighted by molar-refractivity contribution is 5.27. The van der Waals surface area contributed by atoms with Gasteiger partial charge in [0.05, 0.1) is 28.9 Å². The highest BCUT2D eigenvalue weighted by Crippen LogP contribution is 2.31. The Hall–Kier alpha value is -3.09. The lowest BCUT2D eigenvalue weighted by Crippen LogP contribution is -2.08. The summed E-state index contributed by atoms with van der Waals surface area (Å²) < 4.78 is 110. The molecule has 3 rings (SSSR count). The first-order chi connectivity index (χ1) is 21.2. The van der Waals surface area contributed by atoms with E-state index >= 15 is 0 Å². The maximum absolute atomic E-state index is 12.3. The predicted octanol–water partition coefficient (Wildman–Crippen LogP) is 9.80. The number of rotatable bonds is 6. The summed E-state index contributed by atoms with van der Waals surface area (Å²) in [6.45, 7) is 11.1. The summed E-state index contributed by atoms with van der Waals surface area (Å²) in [6, 6.07) is 15.5. The molecule has 3 nitrogen and oxygen atoms in total. The fraction of sp³-hybridized carbons (Fsp3) is 0.471. The lowest BCUT2D eigenvalue weighted by molar-refractivity contribution is -0.138. The van der Waals surface area contributed by atoms with E-state index in [-0.39, 0.29) is 12.8 Å². The third-order valence-corrected chi connectivity index (χ3v) is 5.47. The maximum Gasteiger partial charge on any atom is 0.416 e. The molecule has 0 aliphatic rings. The van der Waals surface area contributed by atoms with Crippen molar-refractivity contribution in [1.82, 2.24) is 0 Å². The summed E-state index contributed by atoms with van der Waals surface area (Å²) in [6.07, 6.45) is -12.9. The second-order valence-electron chi connectivity index (χ2n) is 10.3. The summed E-state index contributed by atoms with van der Waals surface area (Å²) in [5.74, 6) is 0.374. The van der Waals surface area contributed by atoms with Crippen LogP contribution in [0.15, 0.2) is 72.8 Å². The van der Waals surface area contributed by atoms with E-state index in [9.17, 15) is 39.5 Å². The minimum absolute atomic E-state index is 0.240. The zero-order chi connectivity index (χ0) is 36.3. The molecule has 1 unspecified atom stereocenters. The smallest absolute Gasteiger partial charge is 0.400 e. The van der Waals surface area contributed by atoms with Crippen LogP contribution in [-0.4, -0.2) is 34.6 Å². The molecule has 0 radical (unpaired) electrons. The van der Waals surface area contributed by atoms with Crippen LogP contribution < -0.4 is 0 Å². The van der Waals surface area contributed by atoms with Crippen molar-refractivity contribution in [3.63, 3.8) is 0 Å². The first kappa shape index (κ1) is 45.0. The van der Waals surface area contributed by atoms with E-state index in [0.29, 0.717) is 23.5 Å². The van der Waals surface area contributed by atoms with Crippen molar-refractivity contribution in [3.05, 3.63) is 106 Å². The predicted molar refractivity (Wildman–Crippen MR) is 163 cm³/mol. The highest BCUT2D eigenvalue weighted by Gasteiger charge is 2.31. The molecule has 0 spiro atoms. The Bertz CT molecular complexity index is 1070. The summed E-state index contributed by atoms with van der Waals surface area (Å²) in [5.41, 5.74) is -0.165. The van der Waals surface area contributed by atoms with Crippen LogP contribution in [0.2, 0.25) is 0 Å². The molecule has 0 aliphatic heterocycles. The molecular weight excluding hydrogens is 627 g/mol. The number of hydrogen-bond acceptors (Lipinski definition) is 3. The lowest BCUT2D eigenvalue weighted by atomic mass is 10.0. The molecule has 262 valence electrons. The van der Waals surface area contributed by atoms with Gasteiger partial charge in [0, 0.05) is 7.11 Å². The fourth-order valence-corrected chi connectivity index (χ4v) is 3.78. The molecule has 3 aromatic rings. The van der Waals surface area contributed by atoms with Gasteiger partial charge in [-0.25, -0.2) is 0 Å². The van der Waals surface area contributed by atoms with Gasteiger partial charge in [0.1, 0.15) is 0 Å². The SMILES string of the molecule is CC.CC(C)Cc1cccc(C(F)(F)F)c1.CC(O)Cc1cccc(C(F)(F)F)c1.CO.C[C@H](O)Cc1cccc(C(F)(F)F)c1. The summed E-state index contributed by atoms with van der Waals surface area (Å²) >= 11 is 0. The Morgan fingerprint density at radius 3 is 0.913 bits per heavy atom. The topological polar surface area (TPSA) is 60.7 Å². The number of alkyl halides is 9. The van der Waals surface area contributed by atoms with Crippen molar-refractivity contribution >= 4 is 0 Å². The fourth-order valence-electron chi connectivity index (χ4n) is 3.78. The normalized spacial score (nSPS) is 12.5. The molecule has 46 heavy (non-hydrogen) atoms. The molecule has 12 heteroatoms. The molecule has 0 aromatic heterocycles. The number of aliphatic hydroxyl groups excluding tert-OH is 3. The van der Waals surface area contributed by atoms with Gasteiger partial charge in [-0.15, -0.1) is 0 Å². The zero-order valence-electron chi connectivity index (χ0n) is 27.0. The Balaban J connectivity index is 0. The highest BCUT2D eigenvalue weighted by atomic mass is 19.4. The van der Waals surface area contributed by atoms with Gasteiger partial charge in [-0.05, 0) is 73.9 Å². The van der Waals surface area contributed by atoms with E-state index < -0.39 is 47.4 Å². The van der Waals surface area contributed by atoms with Gasteiger partial charge in [0.25, 0.3) is 0 Å². The van der Waals surface area contributed by atoms with Crippen LogP contribution in [0.5, 0.6) is 0 Å². The molecule has 0 aliphatic carbocycles. The third kappa shape index (κ3) is 20.1. The molecule has 3 N–H and O–H groups in total. The van der Waals surface area contributed by atoms with Crippen LogP contribution in [0.4, 0.5) is 39.5 Å². The summed E-state index contributed by atoms with van der Waals surface area (Å²) in [7, 11) is 1.00. The van der Waals surface area contributed by atoms with Crippen LogP contribution in [0, 0.1) is 5.92 Å². The molecule has 2 atom stereocenters. The first-order valence-electron chi connectivity index (χ1n) is 14.5. The third-order valence-electron chi connectivity index (χ3n) is 5.47. The van der Waals surface area contributed by atoms with E-state index in [2.05, 4.69) is 0 Å². The lowest BCUT2D eigenvalue weighted by Gasteiger charge is -2.09. The number of halogens is 9. The van der Waals surface area contributed by atoms with Gasteiger partial charge in [0.15, 0.2) is 0 Å². The largest absolute Gasteiger partial charge is 0.416 e. The maximum atomic E-state index is 12.3. The van der Waals surface area contributed by atoms with Gasteiger partial charge in [-0.3, -0.25) is 0 Å². The summed E-state index contributed by atoms with van der Waals surface area (Å²) in [4.78, 5) is 0. The molecule has 0 amide bonds. The second kappa shape index (κ2) is 21.7. The van der Waals surface area contributed by atoms with Crippen LogP contribution in [0.25, 0.3) is 0 Å². The van der Waals surface area contributed by atoms with E-state index in [1.54, 1.807) is 32.0 Å². The minimum Gasteiger partial charge on any atom is -0.400 e. The van der Waals surface area contributed by atoms with Crippen LogP contribution in [0.3, 0.4) is 0 Å². The summed E-state index contributed by atoms with van der Waals surface area (Å²) in [5, 5.41) is 25.0. The zero-order valence-corrected chi connectivity index (χ0v) is 27.0. The van der Waals surface area contributed by atoms with Crippen molar-refractivity contribution in [2.24, 2.45) is 5.92 Å². The first-order valence-corrected chi connectivity index (χ1v) is 14.5. The Morgan fingerprint density at radius 2 is 0.717 bits per heavy atom. The number of benzene rings is 3. The quantitative estimate of drug-likeness (QED) is 0.229. The Kier molecular flexibility index (Phi) is 21.2. The van der Waals surface area contributed by atoms with Crippen molar-refractivity contribution < 1.29 is 54.8 Å². The monoisotopic (exact) mass is 672 g/mol. The van der Waals surface area contributed by atoms with Crippen LogP contribution in [-0.2, 0) is 37.8 Å². The van der Waals surface area contributed by atoms with E-state index in [0.717, 1.165) is 43.0 Å². The molecule has 0 fully saturated rings. The Morgan fingerprint density at radius 1 is 0.478 bits per heavy atom. The van der Waals surface area contributed by atoms with Crippen molar-refractivity contribution in [2.45, 2.75) is 91.5 Å².